The zero-order valence-corrected chi connectivity index (χ0v) is 18.5. The lowest BCUT2D eigenvalue weighted by atomic mass is 10.2. The third-order valence-electron chi connectivity index (χ3n) is 4.44. The maximum absolute atomic E-state index is 13.1. The number of nitro benzene ring substituents is 1. The van der Waals surface area contributed by atoms with Gasteiger partial charge in [-0.15, -0.1) is 0 Å². The molecule has 31 heavy (non-hydrogen) atoms. The van der Waals surface area contributed by atoms with Crippen LogP contribution >= 0.6 is 11.3 Å². The summed E-state index contributed by atoms with van der Waals surface area (Å²) in [7, 11) is 3.88. The van der Waals surface area contributed by atoms with Crippen molar-refractivity contribution in [1.82, 2.24) is 9.88 Å². The minimum Gasteiger partial charge on any atom is -0.492 e. The Morgan fingerprint density at radius 3 is 2.71 bits per heavy atom. The molecule has 8 nitrogen and oxygen atoms in total. The van der Waals surface area contributed by atoms with E-state index in [0.29, 0.717) is 36.1 Å². The Morgan fingerprint density at radius 2 is 2.00 bits per heavy atom. The molecule has 1 aromatic heterocycles. The van der Waals surface area contributed by atoms with E-state index in [1.807, 2.05) is 44.1 Å². The number of ether oxygens (including phenoxy) is 1. The van der Waals surface area contributed by atoms with Crippen LogP contribution in [-0.4, -0.2) is 54.5 Å². The highest BCUT2D eigenvalue weighted by atomic mass is 32.1. The van der Waals surface area contributed by atoms with Crippen LogP contribution in [0.15, 0.2) is 48.5 Å². The fourth-order valence-corrected chi connectivity index (χ4v) is 3.91. The number of aromatic nitrogens is 1. The Morgan fingerprint density at radius 1 is 1.23 bits per heavy atom. The molecule has 0 bridgehead atoms. The maximum Gasteiger partial charge on any atom is 0.270 e. The highest BCUT2D eigenvalue weighted by Crippen LogP contribution is 2.34. The van der Waals surface area contributed by atoms with Gasteiger partial charge in [0.2, 0.25) is 0 Å². The molecule has 0 radical (unpaired) electrons. The summed E-state index contributed by atoms with van der Waals surface area (Å²) in [5.41, 5.74) is 1.29. The van der Waals surface area contributed by atoms with E-state index in [9.17, 15) is 14.9 Å². The summed E-state index contributed by atoms with van der Waals surface area (Å²) in [5, 5.41) is 11.6. The summed E-state index contributed by atoms with van der Waals surface area (Å²) >= 11 is 1.43. The first-order chi connectivity index (χ1) is 14.9. The summed E-state index contributed by atoms with van der Waals surface area (Å²) in [4.78, 5) is 31.9. The van der Waals surface area contributed by atoms with Gasteiger partial charge in [-0.1, -0.05) is 29.5 Å². The number of nitro groups is 1. The molecule has 9 heteroatoms. The van der Waals surface area contributed by atoms with Crippen molar-refractivity contribution in [3.05, 3.63) is 64.2 Å². The topological polar surface area (TPSA) is 88.8 Å². The molecule has 0 saturated heterocycles. The number of likely N-dealkylation sites (N-methyl/N-ethyl adjacent to an activating group) is 1. The van der Waals surface area contributed by atoms with Crippen molar-refractivity contribution in [3.8, 4) is 5.75 Å². The van der Waals surface area contributed by atoms with Gasteiger partial charge >= 0.3 is 0 Å². The van der Waals surface area contributed by atoms with Gasteiger partial charge in [-0.25, -0.2) is 4.98 Å². The first-order valence-corrected chi connectivity index (χ1v) is 10.6. The molecule has 1 amide bonds. The van der Waals surface area contributed by atoms with Crippen LogP contribution in [-0.2, 0) is 4.79 Å². The molecule has 0 fully saturated rings. The first kappa shape index (κ1) is 22.4. The molecule has 0 atom stereocenters. The molecule has 3 rings (SSSR count). The SMILES string of the molecule is CCOc1cccc2sc(N(CCN(C)C)C(=O)C=Cc3cccc([N+](=O)[O-])c3)nc12. The van der Waals surface area contributed by atoms with Gasteiger partial charge in [-0.3, -0.25) is 19.8 Å². The molecule has 0 saturated carbocycles. The summed E-state index contributed by atoms with van der Waals surface area (Å²) in [6, 6.07) is 11.9. The van der Waals surface area contributed by atoms with E-state index in [4.69, 9.17) is 4.74 Å². The Kier molecular flexibility index (Phi) is 7.32. The van der Waals surface area contributed by atoms with Crippen molar-refractivity contribution >= 4 is 44.4 Å². The van der Waals surface area contributed by atoms with Crippen molar-refractivity contribution < 1.29 is 14.5 Å². The van der Waals surface area contributed by atoms with Gasteiger partial charge in [-0.2, -0.15) is 0 Å². The molecule has 0 aliphatic rings. The first-order valence-electron chi connectivity index (χ1n) is 9.80. The molecule has 3 aromatic rings. The van der Waals surface area contributed by atoms with Gasteiger partial charge in [0.05, 0.1) is 16.2 Å². The molecule has 2 aromatic carbocycles. The predicted molar refractivity (Wildman–Crippen MR) is 124 cm³/mol. The molecular formula is C22H24N4O4S. The fourth-order valence-electron chi connectivity index (χ4n) is 2.90. The largest absolute Gasteiger partial charge is 0.492 e. The monoisotopic (exact) mass is 440 g/mol. The molecular weight excluding hydrogens is 416 g/mol. The van der Waals surface area contributed by atoms with Crippen LogP contribution in [0.2, 0.25) is 0 Å². The van der Waals surface area contributed by atoms with E-state index < -0.39 is 4.92 Å². The van der Waals surface area contributed by atoms with E-state index >= 15 is 0 Å². The predicted octanol–water partition coefficient (Wildman–Crippen LogP) is 4.21. The van der Waals surface area contributed by atoms with E-state index in [0.717, 1.165) is 10.2 Å². The number of carbonyl (C=O) groups excluding carboxylic acids is 1. The summed E-state index contributed by atoms with van der Waals surface area (Å²) in [6.45, 7) is 3.55. The Labute approximate surface area is 184 Å². The second-order valence-corrected chi connectivity index (χ2v) is 8.02. The second-order valence-electron chi connectivity index (χ2n) is 7.01. The summed E-state index contributed by atoms with van der Waals surface area (Å²) in [5.74, 6) is 0.444. The molecule has 162 valence electrons. The number of fused-ring (bicyclic) bond motifs is 1. The van der Waals surface area contributed by atoms with Crippen LogP contribution in [0.25, 0.3) is 16.3 Å². The average Bonchev–Trinajstić information content (AvgIpc) is 3.17. The van der Waals surface area contributed by atoms with Gasteiger partial charge in [0.25, 0.3) is 11.6 Å². The normalized spacial score (nSPS) is 11.4. The molecule has 1 heterocycles. The highest BCUT2D eigenvalue weighted by Gasteiger charge is 2.19. The number of carbonyl (C=O) groups is 1. The minimum absolute atomic E-state index is 0.0197. The van der Waals surface area contributed by atoms with Crippen LogP contribution in [0, 0.1) is 10.1 Å². The molecule has 0 aliphatic carbocycles. The van der Waals surface area contributed by atoms with Crippen molar-refractivity contribution in [2.75, 3.05) is 38.7 Å². The van der Waals surface area contributed by atoms with E-state index in [1.54, 1.807) is 23.1 Å². The second kappa shape index (κ2) is 10.1. The number of hydrogen-bond donors (Lipinski definition) is 0. The molecule has 0 aliphatic heterocycles. The number of non-ortho nitro benzene ring substituents is 1. The van der Waals surface area contributed by atoms with Crippen LogP contribution in [0.3, 0.4) is 0 Å². The minimum atomic E-state index is -0.459. The van der Waals surface area contributed by atoms with Crippen molar-refractivity contribution in [2.45, 2.75) is 6.92 Å². The number of hydrogen-bond acceptors (Lipinski definition) is 7. The van der Waals surface area contributed by atoms with Gasteiger partial charge < -0.3 is 9.64 Å². The third-order valence-corrected chi connectivity index (χ3v) is 5.48. The van der Waals surface area contributed by atoms with Crippen molar-refractivity contribution in [2.24, 2.45) is 0 Å². The fraction of sp³-hybridized carbons (Fsp3) is 0.273. The highest BCUT2D eigenvalue weighted by molar-refractivity contribution is 7.22. The van der Waals surface area contributed by atoms with Crippen LogP contribution in [0.5, 0.6) is 5.75 Å². The smallest absolute Gasteiger partial charge is 0.270 e. The van der Waals surface area contributed by atoms with E-state index in [1.165, 1.54) is 29.5 Å². The number of para-hydroxylation sites is 1. The number of rotatable bonds is 9. The zero-order chi connectivity index (χ0) is 22.4. The Balaban J connectivity index is 1.91. The van der Waals surface area contributed by atoms with Gasteiger partial charge in [-0.05, 0) is 44.8 Å². The zero-order valence-electron chi connectivity index (χ0n) is 17.6. The molecule has 0 unspecified atom stereocenters. The van der Waals surface area contributed by atoms with Crippen molar-refractivity contribution in [1.29, 1.82) is 0 Å². The third kappa shape index (κ3) is 5.65. The number of anilines is 1. The van der Waals surface area contributed by atoms with Gasteiger partial charge in [0.1, 0.15) is 11.3 Å². The lowest BCUT2D eigenvalue weighted by molar-refractivity contribution is -0.384. The number of amides is 1. The van der Waals surface area contributed by atoms with E-state index in [-0.39, 0.29) is 11.6 Å². The summed E-state index contributed by atoms with van der Waals surface area (Å²) < 4.78 is 6.61. The van der Waals surface area contributed by atoms with Crippen molar-refractivity contribution in [3.63, 3.8) is 0 Å². The van der Waals surface area contributed by atoms with Gasteiger partial charge in [0.15, 0.2) is 5.13 Å². The summed E-state index contributed by atoms with van der Waals surface area (Å²) in [6.07, 6.45) is 3.00. The average molecular weight is 441 g/mol. The number of thiazole rings is 1. The quantitative estimate of drug-likeness (QED) is 0.281. The van der Waals surface area contributed by atoms with E-state index in [2.05, 4.69) is 4.98 Å². The molecule has 0 spiro atoms. The lowest BCUT2D eigenvalue weighted by Crippen LogP contribution is -2.35. The number of benzene rings is 2. The van der Waals surface area contributed by atoms with Crippen LogP contribution in [0.1, 0.15) is 12.5 Å². The van der Waals surface area contributed by atoms with Crippen LogP contribution in [0.4, 0.5) is 10.8 Å². The van der Waals surface area contributed by atoms with Gasteiger partial charge in [0, 0.05) is 31.3 Å². The number of nitrogens with zero attached hydrogens (tertiary/aromatic N) is 4. The lowest BCUT2D eigenvalue weighted by Gasteiger charge is -2.20. The Hall–Kier alpha value is -3.30. The standard InChI is InChI=1S/C22H24N4O4S/c1-4-30-18-9-6-10-19-21(18)23-22(31-19)25(14-13-24(2)3)20(27)12-11-16-7-5-8-17(15-16)26(28)29/h5-12,15H,4,13-14H2,1-3H3. The maximum atomic E-state index is 13.1. The Bertz CT molecular complexity index is 1110. The van der Waals surface area contributed by atoms with Crippen LogP contribution < -0.4 is 9.64 Å². The molecule has 0 N–H and O–H groups in total.